The van der Waals surface area contributed by atoms with Crippen molar-refractivity contribution in [3.05, 3.63) is 0 Å². The topological polar surface area (TPSA) is 21.3 Å². The van der Waals surface area contributed by atoms with E-state index in [1.165, 1.54) is 32.4 Å². The summed E-state index contributed by atoms with van der Waals surface area (Å²) >= 11 is 0. The van der Waals surface area contributed by atoms with Gasteiger partial charge in [0.2, 0.25) is 0 Å². The molecule has 1 atom stereocenters. The molecule has 1 fully saturated rings. The Morgan fingerprint density at radius 3 is 2.92 bits per heavy atom. The second kappa shape index (κ2) is 7.84. The first-order valence-electron chi connectivity index (χ1n) is 4.72. The monoisotopic (exact) mass is 193 g/mol. The predicted molar refractivity (Wildman–Crippen MR) is 54.0 cm³/mol. The first-order valence-corrected chi connectivity index (χ1v) is 4.72. The van der Waals surface area contributed by atoms with Crippen LogP contribution in [0.1, 0.15) is 26.2 Å². The van der Waals surface area contributed by atoms with E-state index >= 15 is 0 Å². The van der Waals surface area contributed by atoms with Gasteiger partial charge < -0.3 is 10.1 Å². The summed E-state index contributed by atoms with van der Waals surface area (Å²) in [5.74, 6) is 0.871. The Kier molecular flexibility index (Phi) is 7.98. The van der Waals surface area contributed by atoms with Crippen molar-refractivity contribution in [2.24, 2.45) is 5.92 Å². The average Bonchev–Trinajstić information content (AvgIpc) is 2.07. The van der Waals surface area contributed by atoms with Crippen LogP contribution >= 0.6 is 12.4 Å². The van der Waals surface area contributed by atoms with E-state index in [1.54, 1.807) is 0 Å². The molecule has 2 nitrogen and oxygen atoms in total. The van der Waals surface area contributed by atoms with Crippen LogP contribution in [0.3, 0.4) is 0 Å². The molecule has 1 aliphatic heterocycles. The van der Waals surface area contributed by atoms with E-state index < -0.39 is 0 Å². The minimum absolute atomic E-state index is 0. The number of rotatable bonds is 4. The Morgan fingerprint density at radius 1 is 1.50 bits per heavy atom. The summed E-state index contributed by atoms with van der Waals surface area (Å²) in [6.45, 7) is 6.28. The van der Waals surface area contributed by atoms with Crippen molar-refractivity contribution in [1.82, 2.24) is 5.32 Å². The second-order valence-corrected chi connectivity index (χ2v) is 3.20. The molecule has 0 aromatic carbocycles. The molecular weight excluding hydrogens is 174 g/mol. The zero-order valence-corrected chi connectivity index (χ0v) is 8.66. The van der Waals surface area contributed by atoms with E-state index in [0.717, 1.165) is 19.1 Å². The van der Waals surface area contributed by atoms with Gasteiger partial charge in [-0.3, -0.25) is 0 Å². The highest BCUT2D eigenvalue weighted by Crippen LogP contribution is 2.13. The SMILES string of the molecule is CCOCCC1CCCNC1.Cl. The minimum atomic E-state index is 0. The lowest BCUT2D eigenvalue weighted by Gasteiger charge is -2.22. The van der Waals surface area contributed by atoms with Crippen molar-refractivity contribution < 1.29 is 4.74 Å². The van der Waals surface area contributed by atoms with Crippen LogP contribution in [0.4, 0.5) is 0 Å². The number of ether oxygens (including phenoxy) is 1. The fraction of sp³-hybridized carbons (Fsp3) is 1.00. The highest BCUT2D eigenvalue weighted by Gasteiger charge is 2.11. The van der Waals surface area contributed by atoms with Gasteiger partial charge in [-0.2, -0.15) is 0 Å². The van der Waals surface area contributed by atoms with Crippen LogP contribution in [0.5, 0.6) is 0 Å². The largest absolute Gasteiger partial charge is 0.382 e. The average molecular weight is 194 g/mol. The number of piperidine rings is 1. The molecule has 0 aromatic heterocycles. The lowest BCUT2D eigenvalue weighted by Crippen LogP contribution is -2.30. The summed E-state index contributed by atoms with van der Waals surface area (Å²) in [5.41, 5.74) is 0. The van der Waals surface area contributed by atoms with Crippen molar-refractivity contribution in [3.63, 3.8) is 0 Å². The molecule has 0 spiro atoms. The summed E-state index contributed by atoms with van der Waals surface area (Å²) in [6, 6.07) is 0. The first-order chi connectivity index (χ1) is 5.43. The van der Waals surface area contributed by atoms with E-state index in [4.69, 9.17) is 4.74 Å². The van der Waals surface area contributed by atoms with E-state index in [9.17, 15) is 0 Å². The zero-order chi connectivity index (χ0) is 7.94. The Labute approximate surface area is 81.5 Å². The summed E-state index contributed by atoms with van der Waals surface area (Å²) in [6.07, 6.45) is 3.97. The molecule has 1 saturated heterocycles. The van der Waals surface area contributed by atoms with Crippen LogP contribution in [0.2, 0.25) is 0 Å². The molecule has 0 aromatic rings. The van der Waals surface area contributed by atoms with Gasteiger partial charge in [0.05, 0.1) is 0 Å². The lowest BCUT2D eigenvalue weighted by molar-refractivity contribution is 0.127. The van der Waals surface area contributed by atoms with Crippen molar-refractivity contribution in [2.75, 3.05) is 26.3 Å². The van der Waals surface area contributed by atoms with Gasteiger partial charge in [0.1, 0.15) is 0 Å². The van der Waals surface area contributed by atoms with Crippen molar-refractivity contribution in [3.8, 4) is 0 Å². The van der Waals surface area contributed by atoms with Gasteiger partial charge in [-0.05, 0) is 45.2 Å². The molecule has 74 valence electrons. The molecule has 0 bridgehead atoms. The van der Waals surface area contributed by atoms with Gasteiger partial charge in [-0.1, -0.05) is 0 Å². The normalized spacial score (nSPS) is 23.2. The zero-order valence-electron chi connectivity index (χ0n) is 7.84. The number of halogens is 1. The molecule has 1 aliphatic rings. The van der Waals surface area contributed by atoms with Crippen LogP contribution in [0.15, 0.2) is 0 Å². The third kappa shape index (κ3) is 4.96. The maximum Gasteiger partial charge on any atom is 0.0469 e. The number of hydrogen-bond acceptors (Lipinski definition) is 2. The van der Waals surface area contributed by atoms with Crippen LogP contribution in [0.25, 0.3) is 0 Å². The molecule has 1 N–H and O–H groups in total. The van der Waals surface area contributed by atoms with Crippen LogP contribution in [0, 0.1) is 5.92 Å². The van der Waals surface area contributed by atoms with Gasteiger partial charge >= 0.3 is 0 Å². The van der Waals surface area contributed by atoms with E-state index in [0.29, 0.717) is 0 Å². The number of nitrogens with one attached hydrogen (secondary N) is 1. The van der Waals surface area contributed by atoms with Gasteiger partial charge in [0, 0.05) is 13.2 Å². The second-order valence-electron chi connectivity index (χ2n) is 3.20. The maximum atomic E-state index is 5.31. The molecule has 0 radical (unpaired) electrons. The molecule has 0 aliphatic carbocycles. The third-order valence-electron chi connectivity index (χ3n) is 2.27. The molecule has 0 amide bonds. The first kappa shape index (κ1) is 12.2. The molecule has 1 unspecified atom stereocenters. The summed E-state index contributed by atoms with van der Waals surface area (Å²) in [4.78, 5) is 0. The fourth-order valence-corrected chi connectivity index (χ4v) is 1.56. The molecule has 3 heteroatoms. The summed E-state index contributed by atoms with van der Waals surface area (Å²) < 4.78 is 5.31. The molecular formula is C9H20ClNO. The minimum Gasteiger partial charge on any atom is -0.382 e. The summed E-state index contributed by atoms with van der Waals surface area (Å²) in [5, 5.41) is 3.41. The Morgan fingerprint density at radius 2 is 2.33 bits per heavy atom. The van der Waals surface area contributed by atoms with E-state index in [1.807, 2.05) is 0 Å². The Balaban J connectivity index is 0.00000121. The molecule has 1 rings (SSSR count). The maximum absolute atomic E-state index is 5.31. The van der Waals surface area contributed by atoms with Crippen LogP contribution in [-0.4, -0.2) is 26.3 Å². The van der Waals surface area contributed by atoms with Gasteiger partial charge in [0.15, 0.2) is 0 Å². The van der Waals surface area contributed by atoms with Gasteiger partial charge in [-0.25, -0.2) is 0 Å². The van der Waals surface area contributed by atoms with E-state index in [2.05, 4.69) is 12.2 Å². The van der Waals surface area contributed by atoms with Crippen molar-refractivity contribution in [2.45, 2.75) is 26.2 Å². The van der Waals surface area contributed by atoms with E-state index in [-0.39, 0.29) is 12.4 Å². The molecule has 0 saturated carbocycles. The molecule has 1 heterocycles. The standard InChI is InChI=1S/C9H19NO.ClH/c1-2-11-7-5-9-4-3-6-10-8-9;/h9-10H,2-8H2,1H3;1H. The van der Waals surface area contributed by atoms with Crippen LogP contribution in [-0.2, 0) is 4.74 Å². The van der Waals surface area contributed by atoms with Gasteiger partial charge in [-0.15, -0.1) is 12.4 Å². The van der Waals surface area contributed by atoms with Crippen LogP contribution < -0.4 is 5.32 Å². The highest BCUT2D eigenvalue weighted by molar-refractivity contribution is 5.85. The highest BCUT2D eigenvalue weighted by atomic mass is 35.5. The van der Waals surface area contributed by atoms with Gasteiger partial charge in [0.25, 0.3) is 0 Å². The van der Waals surface area contributed by atoms with Crippen molar-refractivity contribution >= 4 is 12.4 Å². The predicted octanol–water partition coefficient (Wildman–Crippen LogP) is 1.83. The Bertz CT molecular complexity index is 94.5. The quantitative estimate of drug-likeness (QED) is 0.688. The lowest BCUT2D eigenvalue weighted by atomic mass is 9.97. The summed E-state index contributed by atoms with van der Waals surface area (Å²) in [7, 11) is 0. The van der Waals surface area contributed by atoms with Crippen molar-refractivity contribution in [1.29, 1.82) is 0 Å². The third-order valence-corrected chi connectivity index (χ3v) is 2.27. The fourth-order valence-electron chi connectivity index (χ4n) is 1.56. The number of hydrogen-bond donors (Lipinski definition) is 1. The molecule has 12 heavy (non-hydrogen) atoms. The Hall–Kier alpha value is 0.210. The smallest absolute Gasteiger partial charge is 0.0469 e.